The molecule has 1 N–H and O–H groups in total. The summed E-state index contributed by atoms with van der Waals surface area (Å²) in [6.07, 6.45) is 3.85. The number of anilines is 1. The second kappa shape index (κ2) is 7.44. The lowest BCUT2D eigenvalue weighted by Gasteiger charge is -2.22. The molecule has 0 atom stereocenters. The first-order chi connectivity index (χ1) is 11.7. The van der Waals surface area contributed by atoms with Gasteiger partial charge in [-0.05, 0) is 47.9 Å². The van der Waals surface area contributed by atoms with Gasteiger partial charge < -0.3 is 10.2 Å². The van der Waals surface area contributed by atoms with E-state index in [-0.39, 0.29) is 6.03 Å². The number of aryl methyl sites for hydroxylation is 1. The van der Waals surface area contributed by atoms with Crippen LogP contribution in [-0.2, 0) is 6.54 Å². The van der Waals surface area contributed by atoms with Gasteiger partial charge in [0.05, 0.1) is 5.69 Å². The molecule has 0 aliphatic heterocycles. The second-order valence-corrected chi connectivity index (χ2v) is 6.47. The molecule has 0 aliphatic rings. The molecule has 0 unspecified atom stereocenters. The van der Waals surface area contributed by atoms with E-state index in [2.05, 4.69) is 33.8 Å². The Morgan fingerprint density at radius 2 is 2.29 bits per heavy atom. The Labute approximate surface area is 145 Å². The minimum absolute atomic E-state index is 0.108. The summed E-state index contributed by atoms with van der Waals surface area (Å²) in [6, 6.07) is 5.65. The number of thiophene rings is 1. The molecular formula is C17H21N5OS. The van der Waals surface area contributed by atoms with Crippen LogP contribution in [0.15, 0.2) is 35.2 Å². The number of carbonyl (C=O) groups is 1. The van der Waals surface area contributed by atoms with Gasteiger partial charge in [0.1, 0.15) is 5.82 Å². The molecule has 0 radical (unpaired) electrons. The van der Waals surface area contributed by atoms with Crippen molar-refractivity contribution in [2.24, 2.45) is 0 Å². The maximum absolute atomic E-state index is 12.8. The summed E-state index contributed by atoms with van der Waals surface area (Å²) in [6.45, 7) is 5.31. The monoisotopic (exact) mass is 343 g/mol. The van der Waals surface area contributed by atoms with E-state index in [0.717, 1.165) is 24.9 Å². The van der Waals surface area contributed by atoms with Crippen LogP contribution in [0.5, 0.6) is 0 Å². The van der Waals surface area contributed by atoms with Crippen LogP contribution in [0.25, 0.3) is 5.65 Å². The number of hydrogen-bond donors (Lipinski definition) is 1. The number of nitrogens with zero attached hydrogens (tertiary/aromatic N) is 4. The number of fused-ring (bicyclic) bond motifs is 1. The van der Waals surface area contributed by atoms with Crippen molar-refractivity contribution < 1.29 is 4.79 Å². The summed E-state index contributed by atoms with van der Waals surface area (Å²) >= 11 is 1.65. The maximum Gasteiger partial charge on any atom is 0.322 e. The summed E-state index contributed by atoms with van der Waals surface area (Å²) in [5, 5.41) is 11.4. The molecule has 0 aromatic carbocycles. The minimum Gasteiger partial charge on any atom is -0.320 e. The predicted molar refractivity (Wildman–Crippen MR) is 96.4 cm³/mol. The molecular weight excluding hydrogens is 322 g/mol. The van der Waals surface area contributed by atoms with E-state index in [9.17, 15) is 4.79 Å². The topological polar surface area (TPSA) is 62.5 Å². The number of unbranched alkanes of at least 4 members (excludes halogenated alkanes) is 1. The van der Waals surface area contributed by atoms with Crippen molar-refractivity contribution in [3.8, 4) is 0 Å². The maximum atomic E-state index is 12.8. The number of carbonyl (C=O) groups excluding carboxylic acids is 1. The van der Waals surface area contributed by atoms with Crippen LogP contribution >= 0.6 is 11.3 Å². The zero-order valence-corrected chi connectivity index (χ0v) is 14.7. The third-order valence-corrected chi connectivity index (χ3v) is 4.46. The molecule has 0 aliphatic carbocycles. The normalized spacial score (nSPS) is 10.9. The minimum atomic E-state index is -0.108. The average molecular weight is 343 g/mol. The van der Waals surface area contributed by atoms with Crippen molar-refractivity contribution in [1.29, 1.82) is 0 Å². The van der Waals surface area contributed by atoms with Gasteiger partial charge in [0.15, 0.2) is 5.65 Å². The number of nitrogens with one attached hydrogen (secondary N) is 1. The van der Waals surface area contributed by atoms with Crippen LogP contribution in [0.3, 0.4) is 0 Å². The van der Waals surface area contributed by atoms with E-state index in [1.54, 1.807) is 15.9 Å². The van der Waals surface area contributed by atoms with Crippen molar-refractivity contribution >= 4 is 28.7 Å². The molecule has 24 heavy (non-hydrogen) atoms. The van der Waals surface area contributed by atoms with Gasteiger partial charge in [0.25, 0.3) is 0 Å². The Morgan fingerprint density at radius 3 is 3.04 bits per heavy atom. The van der Waals surface area contributed by atoms with Crippen molar-refractivity contribution in [3.63, 3.8) is 0 Å². The van der Waals surface area contributed by atoms with E-state index in [1.165, 1.54) is 0 Å². The molecule has 3 aromatic rings. The van der Waals surface area contributed by atoms with Gasteiger partial charge in [0, 0.05) is 19.3 Å². The fourth-order valence-electron chi connectivity index (χ4n) is 2.51. The van der Waals surface area contributed by atoms with E-state index in [4.69, 9.17) is 0 Å². The molecule has 0 saturated carbocycles. The van der Waals surface area contributed by atoms with Crippen molar-refractivity contribution in [1.82, 2.24) is 19.5 Å². The van der Waals surface area contributed by atoms with Crippen molar-refractivity contribution in [2.45, 2.75) is 33.2 Å². The highest BCUT2D eigenvalue weighted by molar-refractivity contribution is 7.07. The molecule has 3 rings (SSSR count). The molecule has 0 fully saturated rings. The van der Waals surface area contributed by atoms with Crippen LogP contribution in [0, 0.1) is 6.92 Å². The molecule has 7 heteroatoms. The summed E-state index contributed by atoms with van der Waals surface area (Å²) in [7, 11) is 0. The number of urea groups is 1. The van der Waals surface area contributed by atoms with Crippen LogP contribution in [0.1, 0.15) is 31.2 Å². The van der Waals surface area contributed by atoms with E-state index in [0.29, 0.717) is 23.7 Å². The number of hydrogen-bond acceptors (Lipinski definition) is 4. The second-order valence-electron chi connectivity index (χ2n) is 5.69. The first-order valence-electron chi connectivity index (χ1n) is 8.06. The predicted octanol–water partition coefficient (Wildman–Crippen LogP) is 3.93. The number of pyridine rings is 1. The number of aromatic nitrogens is 3. The third-order valence-electron chi connectivity index (χ3n) is 3.73. The highest BCUT2D eigenvalue weighted by Crippen LogP contribution is 2.17. The lowest BCUT2D eigenvalue weighted by atomic mass is 10.2. The number of rotatable bonds is 6. The standard InChI is InChI=1S/C17H21N5OS/c1-3-4-8-21(11-14-7-10-24-12-14)17(23)19-15-6-5-9-22-16(15)18-13(2)20-22/h5-7,9-10,12H,3-4,8,11H2,1-2H3,(H,19,23). The average Bonchev–Trinajstić information content (AvgIpc) is 3.20. The smallest absolute Gasteiger partial charge is 0.320 e. The van der Waals surface area contributed by atoms with E-state index >= 15 is 0 Å². The van der Waals surface area contributed by atoms with Gasteiger partial charge in [-0.2, -0.15) is 16.4 Å². The first-order valence-corrected chi connectivity index (χ1v) is 9.00. The first kappa shape index (κ1) is 16.4. The van der Waals surface area contributed by atoms with Gasteiger partial charge in [0.2, 0.25) is 0 Å². The highest BCUT2D eigenvalue weighted by Gasteiger charge is 2.16. The summed E-state index contributed by atoms with van der Waals surface area (Å²) in [4.78, 5) is 19.0. The van der Waals surface area contributed by atoms with Crippen molar-refractivity contribution in [2.75, 3.05) is 11.9 Å². The SMILES string of the molecule is CCCCN(Cc1ccsc1)C(=O)Nc1cccn2nc(C)nc12. The fraction of sp³-hybridized carbons (Fsp3) is 0.353. The van der Waals surface area contributed by atoms with Gasteiger partial charge in [-0.3, -0.25) is 0 Å². The largest absolute Gasteiger partial charge is 0.322 e. The van der Waals surface area contributed by atoms with Crippen LogP contribution in [-0.4, -0.2) is 32.1 Å². The molecule has 126 valence electrons. The molecule has 0 spiro atoms. The van der Waals surface area contributed by atoms with Gasteiger partial charge >= 0.3 is 6.03 Å². The Balaban J connectivity index is 1.78. The Morgan fingerprint density at radius 1 is 1.42 bits per heavy atom. The van der Waals surface area contributed by atoms with E-state index in [1.807, 2.05) is 35.5 Å². The zero-order chi connectivity index (χ0) is 16.9. The molecule has 6 nitrogen and oxygen atoms in total. The Hall–Kier alpha value is -2.41. The lowest BCUT2D eigenvalue weighted by molar-refractivity contribution is 0.208. The summed E-state index contributed by atoms with van der Waals surface area (Å²) in [5.74, 6) is 0.679. The van der Waals surface area contributed by atoms with Crippen LogP contribution in [0.4, 0.5) is 10.5 Å². The third kappa shape index (κ3) is 3.73. The Kier molecular flexibility index (Phi) is 5.10. The molecule has 0 saturated heterocycles. The lowest BCUT2D eigenvalue weighted by Crippen LogP contribution is -2.35. The van der Waals surface area contributed by atoms with Gasteiger partial charge in [-0.25, -0.2) is 14.3 Å². The summed E-state index contributed by atoms with van der Waals surface area (Å²) < 4.78 is 1.68. The summed E-state index contributed by atoms with van der Waals surface area (Å²) in [5.41, 5.74) is 2.49. The quantitative estimate of drug-likeness (QED) is 0.737. The van der Waals surface area contributed by atoms with E-state index < -0.39 is 0 Å². The highest BCUT2D eigenvalue weighted by atomic mass is 32.1. The molecule has 0 bridgehead atoms. The molecule has 2 amide bonds. The molecule has 3 aromatic heterocycles. The van der Waals surface area contributed by atoms with Gasteiger partial charge in [-0.15, -0.1) is 0 Å². The van der Waals surface area contributed by atoms with Crippen LogP contribution in [0.2, 0.25) is 0 Å². The fourth-order valence-corrected chi connectivity index (χ4v) is 3.17. The molecule has 3 heterocycles. The van der Waals surface area contributed by atoms with Crippen LogP contribution < -0.4 is 5.32 Å². The van der Waals surface area contributed by atoms with Gasteiger partial charge in [-0.1, -0.05) is 13.3 Å². The number of amides is 2. The zero-order valence-electron chi connectivity index (χ0n) is 13.9. The van der Waals surface area contributed by atoms with Crippen molar-refractivity contribution in [3.05, 3.63) is 46.5 Å². The Bertz CT molecular complexity index is 812.